The number of rotatable bonds is 2. The molecule has 0 amide bonds. The summed E-state index contributed by atoms with van der Waals surface area (Å²) in [7, 11) is 0. The van der Waals surface area contributed by atoms with Gasteiger partial charge in [0, 0.05) is 11.8 Å². The molecular formula is C14H13FN4. The molecule has 0 saturated carbocycles. The van der Waals surface area contributed by atoms with E-state index in [0.29, 0.717) is 17.0 Å². The van der Waals surface area contributed by atoms with E-state index in [4.69, 9.17) is 5.73 Å². The Balaban J connectivity index is 2.35. The zero-order chi connectivity index (χ0) is 13.4. The van der Waals surface area contributed by atoms with Gasteiger partial charge in [0.2, 0.25) is 0 Å². The van der Waals surface area contributed by atoms with Crippen LogP contribution >= 0.6 is 0 Å². The quantitative estimate of drug-likeness (QED) is 0.766. The van der Waals surface area contributed by atoms with Crippen LogP contribution in [0.1, 0.15) is 18.8 Å². The second kappa shape index (κ2) is 4.44. The summed E-state index contributed by atoms with van der Waals surface area (Å²) < 4.78 is 15.1. The van der Waals surface area contributed by atoms with Gasteiger partial charge < -0.3 is 5.73 Å². The Morgan fingerprint density at radius 2 is 2.00 bits per heavy atom. The topological polar surface area (TPSA) is 56.7 Å². The zero-order valence-electron chi connectivity index (χ0n) is 10.4. The molecule has 0 aliphatic heterocycles. The monoisotopic (exact) mass is 256 g/mol. The third-order valence-electron chi connectivity index (χ3n) is 2.91. The van der Waals surface area contributed by atoms with Gasteiger partial charge in [-0.15, -0.1) is 0 Å². The Morgan fingerprint density at radius 1 is 1.26 bits per heavy atom. The number of fused-ring (bicyclic) bond motifs is 1. The van der Waals surface area contributed by atoms with Crippen LogP contribution in [0.25, 0.3) is 16.9 Å². The van der Waals surface area contributed by atoms with Crippen LogP contribution in [0.3, 0.4) is 0 Å². The van der Waals surface area contributed by atoms with E-state index < -0.39 is 5.82 Å². The second-order valence-electron chi connectivity index (χ2n) is 4.43. The number of benzene rings is 1. The fourth-order valence-electron chi connectivity index (χ4n) is 2.09. The molecule has 4 nitrogen and oxygen atoms in total. The number of nitrogens with zero attached hydrogens (tertiary/aromatic N) is 3. The molecule has 0 bridgehead atoms. The minimum Gasteiger partial charge on any atom is -0.322 e. The third kappa shape index (κ3) is 1.98. The molecule has 2 heterocycles. The predicted molar refractivity (Wildman–Crippen MR) is 71.4 cm³/mol. The number of imidazole rings is 1. The molecule has 0 fully saturated rings. The first-order valence-electron chi connectivity index (χ1n) is 6.01. The highest BCUT2D eigenvalue weighted by Crippen LogP contribution is 2.23. The van der Waals surface area contributed by atoms with Crippen LogP contribution in [-0.2, 0) is 0 Å². The number of para-hydroxylation sites is 1. The lowest BCUT2D eigenvalue weighted by Crippen LogP contribution is -2.12. The van der Waals surface area contributed by atoms with Gasteiger partial charge in [0.15, 0.2) is 5.65 Å². The summed E-state index contributed by atoms with van der Waals surface area (Å²) >= 11 is 0. The Kier molecular flexibility index (Phi) is 2.76. The number of hydrogen-bond acceptors (Lipinski definition) is 3. The van der Waals surface area contributed by atoms with Crippen LogP contribution in [0.5, 0.6) is 0 Å². The van der Waals surface area contributed by atoms with Crippen LogP contribution in [0, 0.1) is 5.82 Å². The third-order valence-corrected chi connectivity index (χ3v) is 2.91. The molecule has 5 heteroatoms. The van der Waals surface area contributed by atoms with E-state index in [1.165, 1.54) is 12.3 Å². The minimum atomic E-state index is -0.401. The molecule has 1 unspecified atom stereocenters. The van der Waals surface area contributed by atoms with E-state index in [2.05, 4.69) is 9.97 Å². The van der Waals surface area contributed by atoms with Gasteiger partial charge in [0.1, 0.15) is 17.2 Å². The van der Waals surface area contributed by atoms with Crippen molar-refractivity contribution >= 4 is 11.2 Å². The lowest BCUT2D eigenvalue weighted by atomic mass is 10.3. The Bertz CT molecular complexity index is 719. The van der Waals surface area contributed by atoms with Gasteiger partial charge in [-0.3, -0.25) is 4.57 Å². The van der Waals surface area contributed by atoms with Gasteiger partial charge in [-0.1, -0.05) is 18.2 Å². The summed E-state index contributed by atoms with van der Waals surface area (Å²) in [5, 5.41) is 0. The summed E-state index contributed by atoms with van der Waals surface area (Å²) in [6.45, 7) is 1.84. The number of pyridine rings is 1. The largest absolute Gasteiger partial charge is 0.322 e. The van der Waals surface area contributed by atoms with Crippen molar-refractivity contribution in [2.45, 2.75) is 13.0 Å². The van der Waals surface area contributed by atoms with Crippen molar-refractivity contribution in [1.29, 1.82) is 0 Å². The van der Waals surface area contributed by atoms with Gasteiger partial charge in [-0.05, 0) is 19.1 Å². The van der Waals surface area contributed by atoms with Gasteiger partial charge in [-0.2, -0.15) is 0 Å². The van der Waals surface area contributed by atoms with Crippen molar-refractivity contribution in [3.63, 3.8) is 0 Å². The number of nitrogens with two attached hydrogens (primary N) is 1. The van der Waals surface area contributed by atoms with E-state index in [1.54, 1.807) is 0 Å². The van der Waals surface area contributed by atoms with Crippen LogP contribution < -0.4 is 5.73 Å². The van der Waals surface area contributed by atoms with Gasteiger partial charge in [0.25, 0.3) is 0 Å². The smallest absolute Gasteiger partial charge is 0.164 e. The first kappa shape index (κ1) is 11.8. The van der Waals surface area contributed by atoms with Crippen LogP contribution in [-0.4, -0.2) is 14.5 Å². The lowest BCUT2D eigenvalue weighted by Gasteiger charge is -2.10. The molecule has 0 aliphatic carbocycles. The highest BCUT2D eigenvalue weighted by Gasteiger charge is 2.16. The minimum absolute atomic E-state index is 0.266. The molecule has 3 rings (SSSR count). The summed E-state index contributed by atoms with van der Waals surface area (Å²) in [6, 6.07) is 10.8. The predicted octanol–water partition coefficient (Wildman–Crippen LogP) is 2.58. The lowest BCUT2D eigenvalue weighted by molar-refractivity contribution is 0.623. The highest BCUT2D eigenvalue weighted by molar-refractivity contribution is 5.74. The normalized spacial score (nSPS) is 12.8. The average molecular weight is 256 g/mol. The number of aromatic nitrogens is 3. The molecule has 0 aliphatic rings. The standard InChI is InChI=1S/C14H13FN4/c1-9(16)13-18-12-7-10(15)8-17-14(12)19(13)11-5-3-2-4-6-11/h2-9H,16H2,1H3. The molecule has 2 aromatic heterocycles. The number of hydrogen-bond donors (Lipinski definition) is 1. The van der Waals surface area contributed by atoms with Crippen LogP contribution in [0.15, 0.2) is 42.6 Å². The highest BCUT2D eigenvalue weighted by atomic mass is 19.1. The molecular weight excluding hydrogens is 243 g/mol. The maximum absolute atomic E-state index is 13.2. The number of halogens is 1. The summed E-state index contributed by atoms with van der Waals surface area (Å²) in [5.41, 5.74) is 7.98. The maximum Gasteiger partial charge on any atom is 0.164 e. The molecule has 3 aromatic rings. The van der Waals surface area contributed by atoms with E-state index in [1.807, 2.05) is 41.8 Å². The second-order valence-corrected chi connectivity index (χ2v) is 4.43. The summed E-state index contributed by atoms with van der Waals surface area (Å²) in [6.07, 6.45) is 1.19. The molecule has 0 saturated heterocycles. The molecule has 19 heavy (non-hydrogen) atoms. The Morgan fingerprint density at radius 3 is 2.68 bits per heavy atom. The van der Waals surface area contributed by atoms with Gasteiger partial charge in [0.05, 0.1) is 12.2 Å². The fourth-order valence-corrected chi connectivity index (χ4v) is 2.09. The van der Waals surface area contributed by atoms with Crippen LogP contribution in [0.2, 0.25) is 0 Å². The molecule has 96 valence electrons. The molecule has 0 spiro atoms. The van der Waals surface area contributed by atoms with Crippen LogP contribution in [0.4, 0.5) is 4.39 Å². The van der Waals surface area contributed by atoms with Crippen molar-refractivity contribution in [3.8, 4) is 5.69 Å². The van der Waals surface area contributed by atoms with Crippen molar-refractivity contribution in [2.24, 2.45) is 5.73 Å². The Hall–Kier alpha value is -2.27. The molecule has 1 aromatic carbocycles. The van der Waals surface area contributed by atoms with Gasteiger partial charge >= 0.3 is 0 Å². The first-order valence-corrected chi connectivity index (χ1v) is 6.01. The van der Waals surface area contributed by atoms with Crippen molar-refractivity contribution in [3.05, 3.63) is 54.2 Å². The maximum atomic E-state index is 13.2. The van der Waals surface area contributed by atoms with Crippen molar-refractivity contribution in [2.75, 3.05) is 0 Å². The summed E-state index contributed by atoms with van der Waals surface area (Å²) in [5.74, 6) is 0.265. The first-order chi connectivity index (χ1) is 9.16. The molecule has 2 N–H and O–H groups in total. The fraction of sp³-hybridized carbons (Fsp3) is 0.143. The SMILES string of the molecule is CC(N)c1nc2cc(F)cnc2n1-c1ccccc1. The van der Waals surface area contributed by atoms with Crippen molar-refractivity contribution in [1.82, 2.24) is 14.5 Å². The van der Waals surface area contributed by atoms with Gasteiger partial charge in [-0.25, -0.2) is 14.4 Å². The van der Waals surface area contributed by atoms with E-state index in [-0.39, 0.29) is 6.04 Å². The van der Waals surface area contributed by atoms with E-state index in [0.717, 1.165) is 5.69 Å². The summed E-state index contributed by atoms with van der Waals surface area (Å²) in [4.78, 5) is 8.51. The molecule has 0 radical (unpaired) electrons. The van der Waals surface area contributed by atoms with Crippen molar-refractivity contribution < 1.29 is 4.39 Å². The van der Waals surface area contributed by atoms with E-state index >= 15 is 0 Å². The van der Waals surface area contributed by atoms with E-state index in [9.17, 15) is 4.39 Å². The Labute approximate surface area is 109 Å². The molecule has 1 atom stereocenters. The average Bonchev–Trinajstić information content (AvgIpc) is 2.78. The zero-order valence-corrected chi connectivity index (χ0v) is 10.4.